The quantitative estimate of drug-likeness (QED) is 0.875. The summed E-state index contributed by atoms with van der Waals surface area (Å²) in [5.74, 6) is -0.0696. The summed E-state index contributed by atoms with van der Waals surface area (Å²) in [6, 6.07) is 12.9. The van der Waals surface area contributed by atoms with Crippen LogP contribution in [0.2, 0.25) is 0 Å². The average Bonchev–Trinajstić information content (AvgIpc) is 2.63. The molecule has 0 radical (unpaired) electrons. The molecule has 3 rings (SSSR count). The van der Waals surface area contributed by atoms with Crippen LogP contribution >= 0.6 is 0 Å². The van der Waals surface area contributed by atoms with Crippen LogP contribution in [0.3, 0.4) is 0 Å². The van der Waals surface area contributed by atoms with E-state index in [1.807, 2.05) is 0 Å². The van der Waals surface area contributed by atoms with Crippen molar-refractivity contribution in [2.75, 3.05) is 25.0 Å². The summed E-state index contributed by atoms with van der Waals surface area (Å²) < 4.78 is 18.4. The number of amides is 1. The maximum Gasteiger partial charge on any atom is 0.260 e. The summed E-state index contributed by atoms with van der Waals surface area (Å²) in [6.07, 6.45) is 1.84. The van der Waals surface area contributed by atoms with E-state index in [1.54, 1.807) is 35.2 Å². The molecule has 5 nitrogen and oxygen atoms in total. The molecule has 1 amide bonds. The SMILES string of the molecule is O=C(COc1ccccc1O)N1CCC[C@H](Nc2ccc(F)cc2)C1. The van der Waals surface area contributed by atoms with Crippen LogP contribution in [0.5, 0.6) is 11.5 Å². The summed E-state index contributed by atoms with van der Waals surface area (Å²) in [4.78, 5) is 14.1. The number of aromatic hydroxyl groups is 1. The molecule has 1 atom stereocenters. The largest absolute Gasteiger partial charge is 0.504 e. The maximum absolute atomic E-state index is 13.0. The number of likely N-dealkylation sites (tertiary alicyclic amines) is 1. The molecule has 2 aromatic rings. The van der Waals surface area contributed by atoms with E-state index in [0.29, 0.717) is 18.8 Å². The predicted molar refractivity (Wildman–Crippen MR) is 93.2 cm³/mol. The lowest BCUT2D eigenvalue weighted by molar-refractivity contribution is -0.134. The number of carbonyl (C=O) groups excluding carboxylic acids is 1. The molecule has 1 fully saturated rings. The Hall–Kier alpha value is -2.76. The Bertz CT molecular complexity index is 721. The molecule has 2 aromatic carbocycles. The van der Waals surface area contributed by atoms with Gasteiger partial charge in [-0.3, -0.25) is 4.79 Å². The van der Waals surface area contributed by atoms with Crippen molar-refractivity contribution in [1.29, 1.82) is 0 Å². The van der Waals surface area contributed by atoms with Gasteiger partial charge in [-0.1, -0.05) is 12.1 Å². The molecule has 0 saturated carbocycles. The van der Waals surface area contributed by atoms with Gasteiger partial charge in [-0.05, 0) is 49.2 Å². The van der Waals surface area contributed by atoms with E-state index >= 15 is 0 Å². The van der Waals surface area contributed by atoms with Gasteiger partial charge in [0.1, 0.15) is 5.82 Å². The number of carbonyl (C=O) groups is 1. The molecule has 1 heterocycles. The molecule has 6 heteroatoms. The fraction of sp³-hybridized carbons (Fsp3) is 0.316. The van der Waals surface area contributed by atoms with Crippen LogP contribution in [0, 0.1) is 5.82 Å². The first-order chi connectivity index (χ1) is 12.1. The normalized spacial score (nSPS) is 17.2. The topological polar surface area (TPSA) is 61.8 Å². The number of phenols is 1. The minimum absolute atomic E-state index is 0.0183. The lowest BCUT2D eigenvalue weighted by Crippen LogP contribution is -2.46. The van der Waals surface area contributed by atoms with Crippen molar-refractivity contribution in [3.8, 4) is 11.5 Å². The molecule has 1 aliphatic rings. The molecule has 1 aliphatic heterocycles. The molecule has 25 heavy (non-hydrogen) atoms. The minimum Gasteiger partial charge on any atom is -0.504 e. The Balaban J connectivity index is 1.52. The highest BCUT2D eigenvalue weighted by molar-refractivity contribution is 5.78. The second-order valence-corrected chi connectivity index (χ2v) is 6.09. The van der Waals surface area contributed by atoms with E-state index in [1.165, 1.54) is 18.2 Å². The van der Waals surface area contributed by atoms with Gasteiger partial charge in [0, 0.05) is 24.8 Å². The standard InChI is InChI=1S/C19H21FN2O3/c20-14-7-9-15(10-8-14)21-16-4-3-11-22(12-16)19(24)13-25-18-6-2-1-5-17(18)23/h1-2,5-10,16,21,23H,3-4,11-13H2/t16-/m0/s1. The third-order valence-corrected chi connectivity index (χ3v) is 4.21. The molecule has 2 N–H and O–H groups in total. The second kappa shape index (κ2) is 7.88. The number of rotatable bonds is 5. The smallest absolute Gasteiger partial charge is 0.260 e. The number of para-hydroxylation sites is 2. The van der Waals surface area contributed by atoms with Crippen molar-refractivity contribution < 1.29 is 19.0 Å². The van der Waals surface area contributed by atoms with Gasteiger partial charge in [0.05, 0.1) is 0 Å². The Morgan fingerprint density at radius 2 is 2.00 bits per heavy atom. The van der Waals surface area contributed by atoms with E-state index in [2.05, 4.69) is 5.32 Å². The van der Waals surface area contributed by atoms with Gasteiger partial charge in [-0.2, -0.15) is 0 Å². The van der Waals surface area contributed by atoms with E-state index in [9.17, 15) is 14.3 Å². The third-order valence-electron chi connectivity index (χ3n) is 4.21. The van der Waals surface area contributed by atoms with Crippen molar-refractivity contribution in [2.24, 2.45) is 0 Å². The van der Waals surface area contributed by atoms with E-state index < -0.39 is 0 Å². The zero-order valence-electron chi connectivity index (χ0n) is 13.8. The van der Waals surface area contributed by atoms with Gasteiger partial charge < -0.3 is 20.1 Å². The van der Waals surface area contributed by atoms with Crippen LogP contribution in [0.1, 0.15) is 12.8 Å². The molecular weight excluding hydrogens is 323 g/mol. The number of phenolic OH excluding ortho intramolecular Hbond substituents is 1. The zero-order chi connectivity index (χ0) is 17.6. The van der Waals surface area contributed by atoms with Crippen molar-refractivity contribution in [3.05, 3.63) is 54.3 Å². The summed E-state index contributed by atoms with van der Waals surface area (Å²) in [5.41, 5.74) is 0.839. The number of halogens is 1. The molecular formula is C19H21FN2O3. The van der Waals surface area contributed by atoms with Crippen LogP contribution in [-0.4, -0.2) is 41.7 Å². The molecule has 0 unspecified atom stereocenters. The number of piperidine rings is 1. The number of ether oxygens (including phenoxy) is 1. The van der Waals surface area contributed by atoms with E-state index in [4.69, 9.17) is 4.74 Å². The van der Waals surface area contributed by atoms with Gasteiger partial charge >= 0.3 is 0 Å². The summed E-state index contributed by atoms with van der Waals surface area (Å²) in [7, 11) is 0. The highest BCUT2D eigenvalue weighted by Gasteiger charge is 2.24. The highest BCUT2D eigenvalue weighted by atomic mass is 19.1. The molecule has 0 bridgehead atoms. The first-order valence-electron chi connectivity index (χ1n) is 8.32. The number of hydrogen-bond donors (Lipinski definition) is 2. The number of nitrogens with one attached hydrogen (secondary N) is 1. The molecule has 132 valence electrons. The van der Waals surface area contributed by atoms with Crippen molar-refractivity contribution >= 4 is 11.6 Å². The summed E-state index contributed by atoms with van der Waals surface area (Å²) >= 11 is 0. The number of nitrogens with zero attached hydrogens (tertiary/aromatic N) is 1. The van der Waals surface area contributed by atoms with E-state index in [0.717, 1.165) is 18.5 Å². The zero-order valence-corrected chi connectivity index (χ0v) is 13.8. The fourth-order valence-electron chi connectivity index (χ4n) is 2.91. The predicted octanol–water partition coefficient (Wildman–Crippen LogP) is 3.01. The van der Waals surface area contributed by atoms with Crippen molar-refractivity contribution in [3.63, 3.8) is 0 Å². The van der Waals surface area contributed by atoms with Crippen LogP contribution in [0.15, 0.2) is 48.5 Å². The highest BCUT2D eigenvalue weighted by Crippen LogP contribution is 2.24. The molecule has 0 aliphatic carbocycles. The summed E-state index contributed by atoms with van der Waals surface area (Å²) in [5, 5.41) is 13.0. The average molecular weight is 344 g/mol. The summed E-state index contributed by atoms with van der Waals surface area (Å²) in [6.45, 7) is 1.14. The minimum atomic E-state index is -0.271. The fourth-order valence-corrected chi connectivity index (χ4v) is 2.91. The number of anilines is 1. The van der Waals surface area contributed by atoms with Crippen LogP contribution in [0.4, 0.5) is 10.1 Å². The Morgan fingerprint density at radius 3 is 2.76 bits per heavy atom. The van der Waals surface area contributed by atoms with Crippen LogP contribution in [-0.2, 0) is 4.79 Å². The van der Waals surface area contributed by atoms with Gasteiger partial charge in [-0.15, -0.1) is 0 Å². The van der Waals surface area contributed by atoms with Gasteiger partial charge in [0.15, 0.2) is 18.1 Å². The van der Waals surface area contributed by atoms with Gasteiger partial charge in [0.2, 0.25) is 0 Å². The lowest BCUT2D eigenvalue weighted by atomic mass is 10.1. The Labute approximate surface area is 146 Å². The van der Waals surface area contributed by atoms with Crippen molar-refractivity contribution in [2.45, 2.75) is 18.9 Å². The van der Waals surface area contributed by atoms with Gasteiger partial charge in [-0.25, -0.2) is 4.39 Å². The number of hydrogen-bond acceptors (Lipinski definition) is 4. The van der Waals surface area contributed by atoms with Crippen LogP contribution < -0.4 is 10.1 Å². The number of benzene rings is 2. The van der Waals surface area contributed by atoms with Gasteiger partial charge in [0.25, 0.3) is 5.91 Å². The Kier molecular flexibility index (Phi) is 5.38. The Morgan fingerprint density at radius 1 is 1.24 bits per heavy atom. The monoisotopic (exact) mass is 344 g/mol. The van der Waals surface area contributed by atoms with E-state index in [-0.39, 0.29) is 30.1 Å². The van der Waals surface area contributed by atoms with Crippen LogP contribution in [0.25, 0.3) is 0 Å². The first kappa shape index (κ1) is 17.1. The molecule has 0 spiro atoms. The first-order valence-corrected chi connectivity index (χ1v) is 8.32. The molecule has 0 aromatic heterocycles. The third kappa shape index (κ3) is 4.62. The molecule has 1 saturated heterocycles. The van der Waals surface area contributed by atoms with Crippen molar-refractivity contribution in [1.82, 2.24) is 4.90 Å². The lowest BCUT2D eigenvalue weighted by Gasteiger charge is -2.33. The maximum atomic E-state index is 13.0. The second-order valence-electron chi connectivity index (χ2n) is 6.09.